The minimum absolute atomic E-state index is 0.0148. The third-order valence-electron chi connectivity index (χ3n) is 7.55. The van der Waals surface area contributed by atoms with E-state index in [-0.39, 0.29) is 29.0 Å². The van der Waals surface area contributed by atoms with Gasteiger partial charge < -0.3 is 9.80 Å². The highest BCUT2D eigenvalue weighted by Gasteiger charge is 2.45. The summed E-state index contributed by atoms with van der Waals surface area (Å²) in [4.78, 5) is 46.7. The maximum atomic E-state index is 14.2. The lowest BCUT2D eigenvalue weighted by Gasteiger charge is -2.35. The van der Waals surface area contributed by atoms with E-state index < -0.39 is 6.04 Å². The predicted molar refractivity (Wildman–Crippen MR) is 161 cm³/mol. The van der Waals surface area contributed by atoms with Gasteiger partial charge in [0, 0.05) is 23.9 Å². The van der Waals surface area contributed by atoms with Crippen molar-refractivity contribution in [1.29, 1.82) is 0 Å². The van der Waals surface area contributed by atoms with Crippen LogP contribution >= 0.6 is 24.0 Å². The fourth-order valence-electron chi connectivity index (χ4n) is 5.59. The minimum atomic E-state index is -0.590. The van der Waals surface area contributed by atoms with E-state index in [9.17, 15) is 9.59 Å². The quantitative estimate of drug-likeness (QED) is 0.175. The number of aryl methyl sites for hydroxylation is 1. The number of aromatic nitrogens is 1. The fraction of sp³-hybridized carbons (Fsp3) is 0.400. The van der Waals surface area contributed by atoms with E-state index in [1.807, 2.05) is 55.4 Å². The van der Waals surface area contributed by atoms with E-state index in [0.717, 1.165) is 27.3 Å². The molecule has 1 aromatic heterocycles. The molecule has 5 rings (SSSR count). The highest BCUT2D eigenvalue weighted by atomic mass is 32.1. The van der Waals surface area contributed by atoms with Crippen LogP contribution in [0.1, 0.15) is 47.4 Å². The number of hydrogen-bond acceptors (Lipinski definition) is 7. The van der Waals surface area contributed by atoms with Crippen LogP contribution in [0.2, 0.25) is 0 Å². The van der Waals surface area contributed by atoms with Crippen molar-refractivity contribution >= 4 is 41.6 Å². The van der Waals surface area contributed by atoms with E-state index >= 15 is 0 Å². The van der Waals surface area contributed by atoms with Gasteiger partial charge in [0.05, 0.1) is 35.8 Å². The lowest BCUT2D eigenvalue weighted by molar-refractivity contribution is -0.137. The van der Waals surface area contributed by atoms with Crippen molar-refractivity contribution in [2.75, 3.05) is 13.7 Å². The maximum absolute atomic E-state index is 14.2. The Kier molecular flexibility index (Phi) is 8.58. The van der Waals surface area contributed by atoms with Gasteiger partial charge in [-0.15, -0.1) is 11.3 Å². The van der Waals surface area contributed by atoms with Gasteiger partial charge in [-0.2, -0.15) is 12.6 Å². The van der Waals surface area contributed by atoms with E-state index in [1.165, 1.54) is 7.11 Å². The number of aliphatic imine (C=N–C) groups is 1. The molecule has 2 aromatic carbocycles. The highest BCUT2D eigenvalue weighted by Crippen LogP contribution is 2.31. The van der Waals surface area contributed by atoms with E-state index in [4.69, 9.17) is 22.5 Å². The third-order valence-corrected chi connectivity index (χ3v) is 8.90. The number of benzene rings is 2. The number of nitrogens with zero attached hydrogens (tertiary/aromatic N) is 4. The highest BCUT2D eigenvalue weighted by molar-refractivity contribution is 7.81. The zero-order chi connectivity index (χ0) is 28.4. The molecule has 0 bridgehead atoms. The Morgan fingerprint density at radius 3 is 2.62 bits per heavy atom. The Balaban J connectivity index is 1.36. The molecule has 0 spiro atoms. The van der Waals surface area contributed by atoms with Crippen LogP contribution in [0.25, 0.3) is 10.4 Å². The molecule has 0 saturated carbocycles. The number of amides is 2. The monoisotopic (exact) mass is 577 g/mol. The number of thiol groups is 1. The Bertz CT molecular complexity index is 1400. The number of hydrogen-bond donors (Lipinski definition) is 2. The zero-order valence-electron chi connectivity index (χ0n) is 23.2. The number of likely N-dealkylation sites (tertiary alicyclic amines) is 1. The molecule has 0 unspecified atom stereocenters. The number of carbonyl (C=O) groups excluding carboxylic acids is 2. The summed E-state index contributed by atoms with van der Waals surface area (Å²) < 4.78 is 0. The summed E-state index contributed by atoms with van der Waals surface area (Å²) in [5.41, 5.74) is 9.62. The van der Waals surface area contributed by atoms with Crippen LogP contribution in [0, 0.1) is 12.8 Å². The number of fused-ring (bicyclic) bond motifs is 1. The van der Waals surface area contributed by atoms with Gasteiger partial charge in [-0.1, -0.05) is 56.3 Å². The molecule has 3 atom stereocenters. The number of thiazole rings is 1. The molecule has 0 aliphatic carbocycles. The van der Waals surface area contributed by atoms with Crippen LogP contribution in [0.5, 0.6) is 0 Å². The molecular weight excluding hydrogens is 542 g/mol. The summed E-state index contributed by atoms with van der Waals surface area (Å²) in [7, 11) is 1.54. The molecule has 2 amide bonds. The Morgan fingerprint density at radius 1 is 1.23 bits per heavy atom. The summed E-state index contributed by atoms with van der Waals surface area (Å²) in [5.74, 6) is 0.324. The van der Waals surface area contributed by atoms with Gasteiger partial charge in [0.15, 0.2) is 0 Å². The molecule has 2 aliphatic heterocycles. The molecule has 2 aliphatic rings. The van der Waals surface area contributed by atoms with Gasteiger partial charge in [-0.25, -0.2) is 4.98 Å². The molecule has 40 heavy (non-hydrogen) atoms. The SMILES string of the molecule is CONC(=NCc1ccc(-c2scnc2C)cc1)[C@@H]1C[C@@H](S)CN1C(=O)[C@H](C(C)C)N1Cc2ccccc2C1=O. The first-order valence-corrected chi connectivity index (χ1v) is 14.9. The van der Waals surface area contributed by atoms with Crippen LogP contribution in [-0.4, -0.2) is 63.4 Å². The molecule has 210 valence electrons. The van der Waals surface area contributed by atoms with Crippen LogP contribution in [0.15, 0.2) is 59.0 Å². The number of amidine groups is 1. The average molecular weight is 578 g/mol. The lowest BCUT2D eigenvalue weighted by Crippen LogP contribution is -2.55. The standard InChI is InChI=1S/C30H35N5O3S2/c1-18(2)26(35-15-22-7-5-6-8-24(22)29(35)36)30(37)34-16-23(39)13-25(34)28(33-38-4)31-14-20-9-11-21(12-10-20)27-19(3)32-17-40-27/h5-12,17-18,23,25-26,39H,13-16H2,1-4H3,(H,31,33)/t23-,25+,26+/m1/s1. The van der Waals surface area contributed by atoms with Crippen molar-refractivity contribution in [3.8, 4) is 10.4 Å². The summed E-state index contributed by atoms with van der Waals surface area (Å²) >= 11 is 6.37. The van der Waals surface area contributed by atoms with Crippen molar-refractivity contribution in [1.82, 2.24) is 20.3 Å². The normalized spacial score (nSPS) is 19.9. The van der Waals surface area contributed by atoms with E-state index in [0.29, 0.717) is 37.5 Å². The molecule has 1 fully saturated rings. The molecule has 3 heterocycles. The number of rotatable bonds is 8. The number of nitrogens with one attached hydrogen (secondary N) is 1. The fourth-order valence-corrected chi connectivity index (χ4v) is 6.78. The Morgan fingerprint density at radius 2 is 1.98 bits per heavy atom. The van der Waals surface area contributed by atoms with Gasteiger partial charge in [-0.3, -0.25) is 24.9 Å². The summed E-state index contributed by atoms with van der Waals surface area (Å²) in [6, 6.07) is 14.9. The predicted octanol–water partition coefficient (Wildman–Crippen LogP) is 4.75. The van der Waals surface area contributed by atoms with Gasteiger partial charge >= 0.3 is 0 Å². The lowest BCUT2D eigenvalue weighted by atomic mass is 10.0. The largest absolute Gasteiger partial charge is 0.330 e. The van der Waals surface area contributed by atoms with Crippen molar-refractivity contribution in [2.24, 2.45) is 10.9 Å². The Labute approximate surface area is 244 Å². The summed E-state index contributed by atoms with van der Waals surface area (Å²) in [6.07, 6.45) is 0.632. The van der Waals surface area contributed by atoms with Gasteiger partial charge in [0.2, 0.25) is 5.91 Å². The maximum Gasteiger partial charge on any atom is 0.255 e. The van der Waals surface area contributed by atoms with Crippen molar-refractivity contribution in [2.45, 2.75) is 57.6 Å². The van der Waals surface area contributed by atoms with Crippen molar-refractivity contribution in [3.05, 3.63) is 76.4 Å². The van der Waals surface area contributed by atoms with Crippen LogP contribution < -0.4 is 5.48 Å². The molecular formula is C30H35N5O3S2. The first-order valence-electron chi connectivity index (χ1n) is 13.5. The number of carbonyl (C=O) groups is 2. The number of hydroxylamine groups is 1. The first-order chi connectivity index (χ1) is 19.3. The average Bonchev–Trinajstić information content (AvgIpc) is 3.64. The second-order valence-electron chi connectivity index (χ2n) is 10.6. The van der Waals surface area contributed by atoms with E-state index in [2.05, 4.69) is 34.7 Å². The zero-order valence-corrected chi connectivity index (χ0v) is 24.9. The summed E-state index contributed by atoms with van der Waals surface area (Å²) in [5, 5.41) is -0.0148. The van der Waals surface area contributed by atoms with Crippen LogP contribution in [0.3, 0.4) is 0 Å². The minimum Gasteiger partial charge on any atom is -0.330 e. The smallest absolute Gasteiger partial charge is 0.255 e. The van der Waals surface area contributed by atoms with Gasteiger partial charge in [0.1, 0.15) is 11.9 Å². The second kappa shape index (κ2) is 12.1. The molecule has 3 aromatic rings. The van der Waals surface area contributed by atoms with Gasteiger partial charge in [-0.05, 0) is 42.0 Å². The molecule has 10 heteroatoms. The van der Waals surface area contributed by atoms with Crippen LogP contribution in [-0.2, 0) is 22.7 Å². The second-order valence-corrected chi connectivity index (χ2v) is 12.2. The first kappa shape index (κ1) is 28.3. The van der Waals surface area contributed by atoms with Crippen molar-refractivity contribution < 1.29 is 14.4 Å². The third kappa shape index (κ3) is 5.66. The van der Waals surface area contributed by atoms with Gasteiger partial charge in [0.25, 0.3) is 5.91 Å². The molecule has 0 radical (unpaired) electrons. The van der Waals surface area contributed by atoms with Crippen LogP contribution in [0.4, 0.5) is 0 Å². The molecule has 1 saturated heterocycles. The van der Waals surface area contributed by atoms with Crippen molar-refractivity contribution in [3.63, 3.8) is 0 Å². The summed E-state index contributed by atoms with van der Waals surface area (Å²) in [6.45, 7) is 7.32. The molecule has 8 nitrogen and oxygen atoms in total. The topological polar surface area (TPSA) is 87.1 Å². The van der Waals surface area contributed by atoms with E-state index in [1.54, 1.807) is 16.2 Å². The molecule has 1 N–H and O–H groups in total. The Hall–Kier alpha value is -3.21.